The second kappa shape index (κ2) is 7.72. The van der Waals surface area contributed by atoms with Crippen LogP contribution in [0.4, 0.5) is 0 Å². The quantitative estimate of drug-likeness (QED) is 0.868. The molecule has 5 nitrogen and oxygen atoms in total. The van der Waals surface area contributed by atoms with Crippen molar-refractivity contribution < 1.29 is 4.79 Å². The van der Waals surface area contributed by atoms with E-state index in [-0.39, 0.29) is 11.5 Å². The molecule has 0 saturated carbocycles. The number of thioether (sulfide) groups is 1. The fourth-order valence-electron chi connectivity index (χ4n) is 3.93. The Kier molecular flexibility index (Phi) is 5.36. The normalized spacial score (nSPS) is 20.3. The van der Waals surface area contributed by atoms with Crippen molar-refractivity contribution in [1.82, 2.24) is 14.9 Å². The van der Waals surface area contributed by atoms with E-state index < -0.39 is 0 Å². The molecule has 1 fully saturated rings. The lowest BCUT2D eigenvalue weighted by Gasteiger charge is -2.26. The van der Waals surface area contributed by atoms with Crippen LogP contribution < -0.4 is 5.56 Å². The Morgan fingerprint density at radius 1 is 1.35 bits per heavy atom. The molecule has 0 unspecified atom stereocenters. The van der Waals surface area contributed by atoms with Gasteiger partial charge in [-0.2, -0.15) is 0 Å². The van der Waals surface area contributed by atoms with Crippen LogP contribution in [0.2, 0.25) is 0 Å². The number of hydrogen-bond donors (Lipinski definition) is 1. The number of aromatic nitrogens is 2. The van der Waals surface area contributed by atoms with E-state index in [1.54, 1.807) is 23.1 Å². The van der Waals surface area contributed by atoms with Crippen molar-refractivity contribution in [2.24, 2.45) is 5.92 Å². The number of carbonyl (C=O) groups is 1. The van der Waals surface area contributed by atoms with Gasteiger partial charge in [-0.1, -0.05) is 6.92 Å². The Balaban J connectivity index is 1.44. The first-order valence-electron chi connectivity index (χ1n) is 9.51. The van der Waals surface area contributed by atoms with Crippen LogP contribution in [-0.4, -0.2) is 39.6 Å². The van der Waals surface area contributed by atoms with E-state index >= 15 is 0 Å². The first kappa shape index (κ1) is 18.0. The summed E-state index contributed by atoms with van der Waals surface area (Å²) in [5.41, 5.74) is 1.20. The van der Waals surface area contributed by atoms with Crippen LogP contribution in [0.25, 0.3) is 10.2 Å². The van der Waals surface area contributed by atoms with Gasteiger partial charge in [0.2, 0.25) is 5.91 Å². The number of carbonyl (C=O) groups excluding carboxylic acids is 1. The van der Waals surface area contributed by atoms with Crippen molar-refractivity contribution in [2.75, 3.05) is 18.8 Å². The van der Waals surface area contributed by atoms with Crippen LogP contribution in [0.5, 0.6) is 0 Å². The highest BCUT2D eigenvalue weighted by Gasteiger charge is 2.23. The largest absolute Gasteiger partial charge is 0.342 e. The summed E-state index contributed by atoms with van der Waals surface area (Å²) in [6.07, 6.45) is 6.65. The van der Waals surface area contributed by atoms with Crippen molar-refractivity contribution in [3.05, 3.63) is 26.6 Å². The molecular weight excluding hydrogens is 366 g/mol. The standard InChI is InChI=1S/C19H25N3O2S2/c1-12-5-6-13-14(9-12)26-19-17(13)18(24)20-15(21-19)10-25-11-16(23)22-7-3-2-4-8-22/h12H,2-11H2,1H3,(H,20,21,24)/t12-/m1/s1. The molecule has 2 aliphatic rings. The zero-order chi connectivity index (χ0) is 18.1. The van der Waals surface area contributed by atoms with Crippen molar-refractivity contribution in [1.29, 1.82) is 0 Å². The van der Waals surface area contributed by atoms with Crippen LogP contribution in [0.15, 0.2) is 4.79 Å². The molecule has 140 valence electrons. The van der Waals surface area contributed by atoms with Gasteiger partial charge in [0, 0.05) is 18.0 Å². The van der Waals surface area contributed by atoms with Crippen LogP contribution in [-0.2, 0) is 23.4 Å². The summed E-state index contributed by atoms with van der Waals surface area (Å²) in [5.74, 6) is 2.61. The lowest BCUT2D eigenvalue weighted by molar-refractivity contribution is -0.129. The van der Waals surface area contributed by atoms with Gasteiger partial charge >= 0.3 is 0 Å². The molecule has 4 rings (SSSR count). The fraction of sp³-hybridized carbons (Fsp3) is 0.632. The minimum Gasteiger partial charge on any atom is -0.342 e. The molecule has 1 N–H and O–H groups in total. The predicted molar refractivity (Wildman–Crippen MR) is 108 cm³/mol. The maximum atomic E-state index is 12.6. The van der Waals surface area contributed by atoms with Crippen molar-refractivity contribution in [3.8, 4) is 0 Å². The van der Waals surface area contributed by atoms with Gasteiger partial charge < -0.3 is 9.88 Å². The fourth-order valence-corrected chi connectivity index (χ4v) is 6.12. The second-order valence-electron chi connectivity index (χ2n) is 7.48. The van der Waals surface area contributed by atoms with E-state index in [1.807, 2.05) is 4.90 Å². The van der Waals surface area contributed by atoms with Gasteiger partial charge in [0.05, 0.1) is 16.9 Å². The molecule has 0 spiro atoms. The first-order valence-corrected chi connectivity index (χ1v) is 11.5. The number of hydrogen-bond acceptors (Lipinski definition) is 5. The van der Waals surface area contributed by atoms with Gasteiger partial charge in [-0.05, 0) is 50.0 Å². The number of thiophene rings is 1. The summed E-state index contributed by atoms with van der Waals surface area (Å²) in [5, 5.41) is 0.801. The highest BCUT2D eigenvalue weighted by molar-refractivity contribution is 7.99. The Labute approximate surface area is 161 Å². The highest BCUT2D eigenvalue weighted by Crippen LogP contribution is 2.35. The number of aromatic amines is 1. The molecule has 2 aromatic heterocycles. The molecule has 1 aliphatic heterocycles. The number of piperidine rings is 1. The molecule has 1 atom stereocenters. The van der Waals surface area contributed by atoms with E-state index in [1.165, 1.54) is 16.9 Å². The van der Waals surface area contributed by atoms with Gasteiger partial charge in [-0.15, -0.1) is 23.1 Å². The Morgan fingerprint density at radius 2 is 2.15 bits per heavy atom. The zero-order valence-corrected chi connectivity index (χ0v) is 16.8. The minimum absolute atomic E-state index is 0.0139. The van der Waals surface area contributed by atoms with E-state index in [2.05, 4.69) is 11.9 Å². The Morgan fingerprint density at radius 3 is 2.96 bits per heavy atom. The molecule has 1 amide bonds. The van der Waals surface area contributed by atoms with Crippen molar-refractivity contribution in [3.63, 3.8) is 0 Å². The van der Waals surface area contributed by atoms with Crippen molar-refractivity contribution in [2.45, 2.75) is 51.2 Å². The molecule has 3 heterocycles. The van der Waals surface area contributed by atoms with E-state index in [0.717, 1.165) is 55.4 Å². The maximum Gasteiger partial charge on any atom is 0.259 e. The summed E-state index contributed by atoms with van der Waals surface area (Å²) in [4.78, 5) is 36.6. The van der Waals surface area contributed by atoms with Crippen LogP contribution in [0, 0.1) is 5.92 Å². The van der Waals surface area contributed by atoms with Gasteiger partial charge in [0.1, 0.15) is 10.7 Å². The molecule has 26 heavy (non-hydrogen) atoms. The monoisotopic (exact) mass is 391 g/mol. The lowest BCUT2D eigenvalue weighted by Crippen LogP contribution is -2.36. The molecule has 2 aromatic rings. The number of fused-ring (bicyclic) bond motifs is 3. The van der Waals surface area contributed by atoms with Crippen LogP contribution >= 0.6 is 23.1 Å². The number of nitrogens with zero attached hydrogens (tertiary/aromatic N) is 2. The lowest BCUT2D eigenvalue weighted by atomic mass is 9.89. The Bertz CT molecular complexity index is 868. The van der Waals surface area contributed by atoms with Gasteiger partial charge in [-0.25, -0.2) is 4.98 Å². The SMILES string of the molecule is C[C@@H]1CCc2c(sc3nc(CSCC(=O)N4CCCCC4)[nH]c(=O)c23)C1. The maximum absolute atomic E-state index is 12.6. The second-order valence-corrected chi connectivity index (χ2v) is 9.55. The third-order valence-electron chi connectivity index (χ3n) is 5.39. The molecule has 1 saturated heterocycles. The summed E-state index contributed by atoms with van der Waals surface area (Å²) in [7, 11) is 0. The highest BCUT2D eigenvalue weighted by atomic mass is 32.2. The van der Waals surface area contributed by atoms with E-state index in [4.69, 9.17) is 4.98 Å². The van der Waals surface area contributed by atoms with E-state index in [0.29, 0.717) is 23.2 Å². The average molecular weight is 392 g/mol. The number of H-pyrrole nitrogens is 1. The smallest absolute Gasteiger partial charge is 0.259 e. The third-order valence-corrected chi connectivity index (χ3v) is 7.46. The number of amides is 1. The topological polar surface area (TPSA) is 66.1 Å². The third kappa shape index (κ3) is 3.69. The van der Waals surface area contributed by atoms with Gasteiger partial charge in [-0.3, -0.25) is 9.59 Å². The van der Waals surface area contributed by atoms with Crippen LogP contribution in [0.1, 0.15) is 48.9 Å². The molecular formula is C19H25N3O2S2. The molecule has 0 aromatic carbocycles. The summed E-state index contributed by atoms with van der Waals surface area (Å²) < 4.78 is 0. The average Bonchev–Trinajstić information content (AvgIpc) is 3.00. The number of aryl methyl sites for hydroxylation is 1. The first-order chi connectivity index (χ1) is 12.6. The molecule has 7 heteroatoms. The van der Waals surface area contributed by atoms with Gasteiger partial charge in [0.15, 0.2) is 0 Å². The summed E-state index contributed by atoms with van der Waals surface area (Å²) in [6.45, 7) is 4.05. The Hall–Kier alpha value is -1.34. The minimum atomic E-state index is -0.0139. The molecule has 0 radical (unpaired) electrons. The number of likely N-dealkylation sites (tertiary alicyclic amines) is 1. The number of nitrogens with one attached hydrogen (secondary N) is 1. The molecule has 0 bridgehead atoms. The van der Waals surface area contributed by atoms with Crippen LogP contribution in [0.3, 0.4) is 0 Å². The predicted octanol–water partition coefficient (Wildman–Crippen LogP) is 3.36. The summed E-state index contributed by atoms with van der Waals surface area (Å²) >= 11 is 3.22. The van der Waals surface area contributed by atoms with E-state index in [9.17, 15) is 9.59 Å². The molecule has 1 aliphatic carbocycles. The number of rotatable bonds is 4. The van der Waals surface area contributed by atoms with Crippen molar-refractivity contribution >= 4 is 39.2 Å². The zero-order valence-electron chi connectivity index (χ0n) is 15.2. The van der Waals surface area contributed by atoms with Gasteiger partial charge in [0.25, 0.3) is 5.56 Å². The summed E-state index contributed by atoms with van der Waals surface area (Å²) in [6, 6.07) is 0.